The van der Waals surface area contributed by atoms with Gasteiger partial charge in [-0.3, -0.25) is 14.1 Å². The molecule has 0 atom stereocenters. The van der Waals surface area contributed by atoms with Crippen molar-refractivity contribution in [2.24, 2.45) is 0 Å². The fourth-order valence-electron chi connectivity index (χ4n) is 3.67. The lowest BCUT2D eigenvalue weighted by Crippen LogP contribution is -2.34. The van der Waals surface area contributed by atoms with Crippen LogP contribution in [0.5, 0.6) is 0 Å². The molecule has 4 nitrogen and oxygen atoms in total. The summed E-state index contributed by atoms with van der Waals surface area (Å²) >= 11 is 5.15. The molecule has 0 aliphatic carbocycles. The third-order valence-electron chi connectivity index (χ3n) is 5.14. The molecule has 0 N–H and O–H groups in total. The number of carbonyl (C=O) groups excluding carboxylic acids is 1. The minimum atomic E-state index is 0.170. The number of hydrogen-bond donors (Lipinski definition) is 0. The maximum atomic E-state index is 12.6. The van der Waals surface area contributed by atoms with Crippen LogP contribution in [0.2, 0.25) is 0 Å². The van der Waals surface area contributed by atoms with Gasteiger partial charge in [-0.2, -0.15) is 0 Å². The summed E-state index contributed by atoms with van der Waals surface area (Å²) in [7, 11) is 0. The van der Waals surface area contributed by atoms with E-state index in [0.717, 1.165) is 45.8 Å². The van der Waals surface area contributed by atoms with E-state index in [2.05, 4.69) is 43.6 Å². The highest BCUT2D eigenvalue weighted by molar-refractivity contribution is 9.10. The summed E-state index contributed by atoms with van der Waals surface area (Å²) in [6, 6.07) is 17.9. The smallest absolute Gasteiger partial charge is 0.194 e. The lowest BCUT2D eigenvalue weighted by Gasteiger charge is -2.25. The SMILES string of the molecule is O=C(CN1CCc2c(sc3nc(-c4ccccc4)cn23)C1)c1ccc(Br)cc1. The fourth-order valence-corrected chi connectivity index (χ4v) is 5.13. The number of imidazole rings is 1. The van der Waals surface area contributed by atoms with E-state index in [1.54, 1.807) is 11.3 Å². The fraction of sp³-hybridized carbons (Fsp3) is 0.182. The highest BCUT2D eigenvalue weighted by atomic mass is 79.9. The van der Waals surface area contributed by atoms with Gasteiger partial charge in [0.05, 0.1) is 12.2 Å². The lowest BCUT2D eigenvalue weighted by atomic mass is 10.1. The first kappa shape index (κ1) is 17.8. The predicted octanol–water partition coefficient (Wildman–Crippen LogP) is 5.07. The third kappa shape index (κ3) is 3.32. The Bertz CT molecular complexity index is 1150. The largest absolute Gasteiger partial charge is 0.294 e. The van der Waals surface area contributed by atoms with Crippen LogP contribution >= 0.6 is 27.3 Å². The number of ketones is 1. The van der Waals surface area contributed by atoms with E-state index >= 15 is 0 Å². The summed E-state index contributed by atoms with van der Waals surface area (Å²) in [5.41, 5.74) is 4.26. The Labute approximate surface area is 175 Å². The van der Waals surface area contributed by atoms with Crippen LogP contribution in [0.4, 0.5) is 0 Å². The van der Waals surface area contributed by atoms with Crippen molar-refractivity contribution in [1.29, 1.82) is 0 Å². The Morgan fingerprint density at radius 2 is 1.89 bits per heavy atom. The Balaban J connectivity index is 1.35. The quantitative estimate of drug-likeness (QED) is 0.406. The van der Waals surface area contributed by atoms with Crippen LogP contribution in [0.25, 0.3) is 16.2 Å². The van der Waals surface area contributed by atoms with E-state index in [0.29, 0.717) is 6.54 Å². The minimum absolute atomic E-state index is 0.170. The number of benzene rings is 2. The summed E-state index contributed by atoms with van der Waals surface area (Å²) in [5, 5.41) is 0. The Morgan fingerprint density at radius 3 is 2.68 bits per heavy atom. The molecule has 0 saturated carbocycles. The van der Waals surface area contributed by atoms with Crippen LogP contribution in [0, 0.1) is 0 Å². The van der Waals surface area contributed by atoms with Crippen molar-refractivity contribution < 1.29 is 4.79 Å². The molecule has 0 spiro atoms. The number of halogens is 1. The number of rotatable bonds is 4. The van der Waals surface area contributed by atoms with Crippen molar-refractivity contribution in [3.8, 4) is 11.3 Å². The number of fused-ring (bicyclic) bond motifs is 3. The van der Waals surface area contributed by atoms with Gasteiger partial charge in [0.1, 0.15) is 0 Å². The van der Waals surface area contributed by atoms with Crippen molar-refractivity contribution >= 4 is 38.0 Å². The third-order valence-corrected chi connectivity index (χ3v) is 6.75. The van der Waals surface area contributed by atoms with Crippen LogP contribution in [-0.4, -0.2) is 33.2 Å². The van der Waals surface area contributed by atoms with E-state index < -0.39 is 0 Å². The number of nitrogens with zero attached hydrogens (tertiary/aromatic N) is 3. The van der Waals surface area contributed by atoms with Crippen molar-refractivity contribution in [3.05, 3.63) is 81.4 Å². The first-order chi connectivity index (χ1) is 13.7. The summed E-state index contributed by atoms with van der Waals surface area (Å²) in [6.07, 6.45) is 3.08. The van der Waals surface area contributed by atoms with Gasteiger partial charge in [0.15, 0.2) is 10.7 Å². The van der Waals surface area contributed by atoms with E-state index in [1.807, 2.05) is 42.5 Å². The molecule has 1 aliphatic heterocycles. The van der Waals surface area contributed by atoms with Crippen LogP contribution in [-0.2, 0) is 13.0 Å². The monoisotopic (exact) mass is 451 g/mol. The molecular formula is C22H18BrN3OS. The second-order valence-electron chi connectivity index (χ2n) is 7.01. The van der Waals surface area contributed by atoms with Gasteiger partial charge in [0, 0.05) is 51.9 Å². The van der Waals surface area contributed by atoms with E-state index in [4.69, 9.17) is 4.98 Å². The molecule has 0 bridgehead atoms. The standard InChI is InChI=1S/C22H18BrN3OS/c23-17-8-6-16(7-9-17)20(27)13-25-11-10-19-21(14-25)28-22-24-18(12-26(19)22)15-4-2-1-3-5-15/h1-9,12H,10-11,13-14H2. The van der Waals surface area contributed by atoms with Crippen molar-refractivity contribution in [3.63, 3.8) is 0 Å². The highest BCUT2D eigenvalue weighted by Gasteiger charge is 2.24. The van der Waals surface area contributed by atoms with Gasteiger partial charge in [0.25, 0.3) is 0 Å². The van der Waals surface area contributed by atoms with Crippen LogP contribution in [0.15, 0.2) is 65.3 Å². The second-order valence-corrected chi connectivity index (χ2v) is 8.99. The summed E-state index contributed by atoms with van der Waals surface area (Å²) in [4.78, 5) is 22.0. The summed E-state index contributed by atoms with van der Waals surface area (Å²) in [5.74, 6) is 0.170. The van der Waals surface area contributed by atoms with Crippen molar-refractivity contribution in [1.82, 2.24) is 14.3 Å². The van der Waals surface area contributed by atoms with Gasteiger partial charge in [-0.1, -0.05) is 69.7 Å². The zero-order valence-electron chi connectivity index (χ0n) is 15.1. The molecule has 140 valence electrons. The average Bonchev–Trinajstić information content (AvgIpc) is 3.27. The van der Waals surface area contributed by atoms with Gasteiger partial charge in [-0.05, 0) is 12.1 Å². The van der Waals surface area contributed by atoms with E-state index in [9.17, 15) is 4.79 Å². The molecule has 0 fully saturated rings. The zero-order chi connectivity index (χ0) is 19.1. The number of carbonyl (C=O) groups is 1. The number of aromatic nitrogens is 2. The highest BCUT2D eigenvalue weighted by Crippen LogP contribution is 2.31. The molecular weight excluding hydrogens is 434 g/mol. The van der Waals surface area contributed by atoms with E-state index in [-0.39, 0.29) is 5.78 Å². The van der Waals surface area contributed by atoms with Gasteiger partial charge >= 0.3 is 0 Å². The Kier molecular flexibility index (Phi) is 4.62. The molecule has 6 heteroatoms. The average molecular weight is 452 g/mol. The number of hydrogen-bond acceptors (Lipinski definition) is 4. The van der Waals surface area contributed by atoms with Gasteiger partial charge in [0.2, 0.25) is 0 Å². The normalized spacial score (nSPS) is 14.3. The first-order valence-electron chi connectivity index (χ1n) is 9.23. The Hall–Kier alpha value is -2.28. The number of thiazole rings is 1. The molecule has 3 heterocycles. The summed E-state index contributed by atoms with van der Waals surface area (Å²) < 4.78 is 3.22. The number of Topliss-reactive ketones (excluding diaryl/α,β-unsaturated/α-hetero) is 1. The van der Waals surface area contributed by atoms with Gasteiger partial charge in [-0.15, -0.1) is 0 Å². The molecule has 0 saturated heterocycles. The van der Waals surface area contributed by atoms with E-state index in [1.165, 1.54) is 10.6 Å². The first-order valence-corrected chi connectivity index (χ1v) is 10.8. The molecule has 28 heavy (non-hydrogen) atoms. The van der Waals surface area contributed by atoms with Gasteiger partial charge in [-0.25, -0.2) is 4.98 Å². The van der Waals surface area contributed by atoms with Crippen LogP contribution < -0.4 is 0 Å². The van der Waals surface area contributed by atoms with Crippen LogP contribution in [0.1, 0.15) is 20.9 Å². The Morgan fingerprint density at radius 1 is 1.11 bits per heavy atom. The molecule has 2 aromatic carbocycles. The molecule has 1 aliphatic rings. The van der Waals surface area contributed by atoms with Gasteiger partial charge < -0.3 is 0 Å². The summed E-state index contributed by atoms with van der Waals surface area (Å²) in [6.45, 7) is 2.16. The van der Waals surface area contributed by atoms with Crippen molar-refractivity contribution in [2.45, 2.75) is 13.0 Å². The second kappa shape index (κ2) is 7.28. The zero-order valence-corrected chi connectivity index (χ0v) is 17.5. The molecule has 0 radical (unpaired) electrons. The maximum Gasteiger partial charge on any atom is 0.194 e. The lowest BCUT2D eigenvalue weighted by molar-refractivity contribution is 0.0922. The maximum absolute atomic E-state index is 12.6. The minimum Gasteiger partial charge on any atom is -0.294 e. The van der Waals surface area contributed by atoms with Crippen LogP contribution in [0.3, 0.4) is 0 Å². The van der Waals surface area contributed by atoms with Crippen molar-refractivity contribution in [2.75, 3.05) is 13.1 Å². The predicted molar refractivity (Wildman–Crippen MR) is 116 cm³/mol. The topological polar surface area (TPSA) is 37.6 Å². The molecule has 5 rings (SSSR count). The molecule has 0 unspecified atom stereocenters. The molecule has 4 aromatic rings. The molecule has 2 aromatic heterocycles. The molecule has 0 amide bonds.